The molecule has 0 atom stereocenters. The third-order valence-corrected chi connectivity index (χ3v) is 5.05. The molecule has 3 rings (SSSR count). The van der Waals surface area contributed by atoms with Crippen LogP contribution in [0.3, 0.4) is 0 Å². The summed E-state index contributed by atoms with van der Waals surface area (Å²) < 4.78 is 35.7. The molecular formula is C23H30FN3O5. The normalized spacial score (nSPS) is 18.0. The van der Waals surface area contributed by atoms with Crippen LogP contribution in [-0.4, -0.2) is 47.8 Å². The number of carbonyl (C=O) groups is 1. The van der Waals surface area contributed by atoms with Crippen molar-refractivity contribution >= 4 is 5.91 Å². The molecule has 0 radical (unpaired) electrons. The van der Waals surface area contributed by atoms with Crippen molar-refractivity contribution in [2.24, 2.45) is 0 Å². The summed E-state index contributed by atoms with van der Waals surface area (Å²) in [7, 11) is 0. The van der Waals surface area contributed by atoms with Crippen LogP contribution in [0.15, 0.2) is 24.5 Å². The number of nitrogens with one attached hydrogen (secondary N) is 1. The molecule has 0 spiro atoms. The van der Waals surface area contributed by atoms with Crippen molar-refractivity contribution < 1.29 is 28.1 Å². The van der Waals surface area contributed by atoms with Crippen LogP contribution in [-0.2, 0) is 0 Å². The van der Waals surface area contributed by atoms with Crippen LogP contribution in [0.4, 0.5) is 4.39 Å². The van der Waals surface area contributed by atoms with E-state index in [0.717, 1.165) is 38.1 Å². The summed E-state index contributed by atoms with van der Waals surface area (Å²) in [6, 6.07) is 3.56. The fourth-order valence-electron chi connectivity index (χ4n) is 3.62. The Morgan fingerprint density at radius 2 is 1.53 bits per heavy atom. The summed E-state index contributed by atoms with van der Waals surface area (Å²) in [5.74, 6) is 0.788. The van der Waals surface area contributed by atoms with Gasteiger partial charge in [0.15, 0.2) is 17.3 Å². The Hall–Kier alpha value is -3.10. The standard InChI is InChI=1S/C23H30FN3O5/c1-4-29-19-11-15(12-20(30-5-2)21(19)31-6-3)22(28)27-17-7-9-18(10-8-17)32-23-25-13-16(24)14-26-23/h11-14,17-18H,4-10H2,1-3H3,(H,27,28). The van der Waals surface area contributed by atoms with Gasteiger partial charge in [-0.2, -0.15) is 0 Å². The van der Waals surface area contributed by atoms with E-state index < -0.39 is 5.82 Å². The first-order valence-corrected chi connectivity index (χ1v) is 11.0. The lowest BCUT2D eigenvalue weighted by Crippen LogP contribution is -2.39. The highest BCUT2D eigenvalue weighted by molar-refractivity contribution is 5.95. The number of rotatable bonds is 10. The van der Waals surface area contributed by atoms with E-state index in [2.05, 4.69) is 15.3 Å². The molecule has 8 nitrogen and oxygen atoms in total. The third kappa shape index (κ3) is 6.21. The summed E-state index contributed by atoms with van der Waals surface area (Å²) in [5, 5.41) is 3.09. The summed E-state index contributed by atoms with van der Waals surface area (Å²) in [6.07, 6.45) is 5.09. The van der Waals surface area contributed by atoms with Crippen LogP contribution in [0, 0.1) is 5.82 Å². The Balaban J connectivity index is 1.62. The van der Waals surface area contributed by atoms with Gasteiger partial charge in [0.1, 0.15) is 6.10 Å². The fourth-order valence-corrected chi connectivity index (χ4v) is 3.62. The molecule has 0 bridgehead atoms. The van der Waals surface area contributed by atoms with Gasteiger partial charge in [0.25, 0.3) is 5.91 Å². The predicted molar refractivity (Wildman–Crippen MR) is 116 cm³/mol. The number of hydrogen-bond donors (Lipinski definition) is 1. The number of ether oxygens (including phenoxy) is 4. The molecule has 1 aromatic heterocycles. The lowest BCUT2D eigenvalue weighted by atomic mass is 9.92. The van der Waals surface area contributed by atoms with Gasteiger partial charge >= 0.3 is 6.01 Å². The lowest BCUT2D eigenvalue weighted by molar-refractivity contribution is 0.0884. The predicted octanol–water partition coefficient (Wildman–Crippen LogP) is 3.93. The second-order valence-corrected chi connectivity index (χ2v) is 7.35. The van der Waals surface area contributed by atoms with Crippen molar-refractivity contribution in [1.82, 2.24) is 15.3 Å². The maximum Gasteiger partial charge on any atom is 0.316 e. The summed E-state index contributed by atoms with van der Waals surface area (Å²) in [4.78, 5) is 20.6. The van der Waals surface area contributed by atoms with Gasteiger partial charge in [-0.05, 0) is 58.6 Å². The SMILES string of the molecule is CCOc1cc(C(=O)NC2CCC(Oc3ncc(F)cn3)CC2)cc(OCC)c1OCC. The molecule has 1 saturated carbocycles. The number of hydrogen-bond acceptors (Lipinski definition) is 7. The van der Waals surface area contributed by atoms with Crippen molar-refractivity contribution in [3.8, 4) is 23.3 Å². The number of halogens is 1. The Morgan fingerprint density at radius 1 is 0.969 bits per heavy atom. The van der Waals surface area contributed by atoms with Crippen molar-refractivity contribution in [2.45, 2.75) is 58.6 Å². The highest BCUT2D eigenvalue weighted by Crippen LogP contribution is 2.39. The maximum atomic E-state index is 12.9. The zero-order chi connectivity index (χ0) is 22.9. The number of benzene rings is 1. The van der Waals surface area contributed by atoms with E-state index in [1.165, 1.54) is 0 Å². The van der Waals surface area contributed by atoms with E-state index in [0.29, 0.717) is 42.6 Å². The van der Waals surface area contributed by atoms with Crippen LogP contribution in [0.2, 0.25) is 0 Å². The monoisotopic (exact) mass is 447 g/mol. The molecule has 1 aliphatic rings. The van der Waals surface area contributed by atoms with Crippen molar-refractivity contribution in [3.05, 3.63) is 35.9 Å². The minimum atomic E-state index is -0.502. The molecule has 2 aromatic rings. The minimum Gasteiger partial charge on any atom is -0.490 e. The van der Waals surface area contributed by atoms with Gasteiger partial charge in [-0.3, -0.25) is 4.79 Å². The first kappa shape index (κ1) is 23.6. The topological polar surface area (TPSA) is 91.8 Å². The van der Waals surface area contributed by atoms with E-state index in [4.69, 9.17) is 18.9 Å². The van der Waals surface area contributed by atoms with E-state index in [-0.39, 0.29) is 24.1 Å². The number of carbonyl (C=O) groups excluding carboxylic acids is 1. The number of amides is 1. The van der Waals surface area contributed by atoms with Crippen LogP contribution >= 0.6 is 0 Å². The van der Waals surface area contributed by atoms with Crippen LogP contribution < -0.4 is 24.3 Å². The summed E-state index contributed by atoms with van der Waals surface area (Å²) >= 11 is 0. The minimum absolute atomic E-state index is 0.0224. The third-order valence-electron chi connectivity index (χ3n) is 5.05. The van der Waals surface area contributed by atoms with Crippen molar-refractivity contribution in [1.29, 1.82) is 0 Å². The van der Waals surface area contributed by atoms with Gasteiger partial charge in [-0.25, -0.2) is 14.4 Å². The maximum absolute atomic E-state index is 12.9. The zero-order valence-corrected chi connectivity index (χ0v) is 18.7. The Kier molecular flexibility index (Phi) is 8.47. The molecule has 32 heavy (non-hydrogen) atoms. The second kappa shape index (κ2) is 11.5. The average Bonchev–Trinajstić information content (AvgIpc) is 2.79. The number of aromatic nitrogens is 2. The van der Waals surface area contributed by atoms with Gasteiger partial charge < -0.3 is 24.3 Å². The first-order chi connectivity index (χ1) is 15.5. The Bertz CT molecular complexity index is 859. The van der Waals surface area contributed by atoms with Crippen LogP contribution in [0.1, 0.15) is 56.8 Å². The van der Waals surface area contributed by atoms with Crippen LogP contribution in [0.5, 0.6) is 23.3 Å². The van der Waals surface area contributed by atoms with Gasteiger partial charge in [-0.1, -0.05) is 0 Å². The zero-order valence-electron chi connectivity index (χ0n) is 18.7. The molecule has 1 amide bonds. The molecule has 9 heteroatoms. The molecule has 0 unspecified atom stereocenters. The van der Waals surface area contributed by atoms with E-state index >= 15 is 0 Å². The van der Waals surface area contributed by atoms with E-state index in [1.807, 2.05) is 20.8 Å². The molecular weight excluding hydrogens is 417 g/mol. The summed E-state index contributed by atoms with van der Waals surface area (Å²) in [5.41, 5.74) is 0.457. The molecule has 1 aliphatic carbocycles. The summed E-state index contributed by atoms with van der Waals surface area (Å²) in [6.45, 7) is 6.98. The largest absolute Gasteiger partial charge is 0.490 e. The van der Waals surface area contributed by atoms with Gasteiger partial charge in [-0.15, -0.1) is 0 Å². The van der Waals surface area contributed by atoms with Gasteiger partial charge in [0, 0.05) is 11.6 Å². The highest BCUT2D eigenvalue weighted by atomic mass is 19.1. The molecule has 174 valence electrons. The smallest absolute Gasteiger partial charge is 0.316 e. The quantitative estimate of drug-likeness (QED) is 0.590. The van der Waals surface area contributed by atoms with Gasteiger partial charge in [0.2, 0.25) is 5.75 Å². The first-order valence-electron chi connectivity index (χ1n) is 11.0. The lowest BCUT2D eigenvalue weighted by Gasteiger charge is -2.29. The van der Waals surface area contributed by atoms with Crippen molar-refractivity contribution in [3.63, 3.8) is 0 Å². The number of nitrogens with zero attached hydrogens (tertiary/aromatic N) is 2. The highest BCUT2D eigenvalue weighted by Gasteiger charge is 2.26. The molecule has 1 N–H and O–H groups in total. The molecule has 1 fully saturated rings. The molecule has 1 heterocycles. The van der Waals surface area contributed by atoms with Crippen LogP contribution in [0.25, 0.3) is 0 Å². The molecule has 1 aromatic carbocycles. The average molecular weight is 448 g/mol. The van der Waals surface area contributed by atoms with Gasteiger partial charge in [0.05, 0.1) is 32.2 Å². The fraction of sp³-hybridized carbons (Fsp3) is 0.522. The van der Waals surface area contributed by atoms with E-state index in [9.17, 15) is 9.18 Å². The Labute approximate surface area is 187 Å². The molecule has 0 aliphatic heterocycles. The van der Waals surface area contributed by atoms with Crippen molar-refractivity contribution in [2.75, 3.05) is 19.8 Å². The second-order valence-electron chi connectivity index (χ2n) is 7.35. The van der Waals surface area contributed by atoms with E-state index in [1.54, 1.807) is 12.1 Å². The molecule has 0 saturated heterocycles. The Morgan fingerprint density at radius 3 is 2.06 bits per heavy atom.